The zero-order valence-electron chi connectivity index (χ0n) is 22.6. The lowest BCUT2D eigenvalue weighted by Gasteiger charge is -2.26. The lowest BCUT2D eigenvalue weighted by molar-refractivity contribution is -0.143. The molecule has 0 saturated heterocycles. The number of phenols is 1. The minimum atomic E-state index is -1.28. The monoisotopic (exact) mass is 564 g/mol. The van der Waals surface area contributed by atoms with Gasteiger partial charge in [0.1, 0.15) is 23.9 Å². The Labute approximate surface area is 232 Å². The van der Waals surface area contributed by atoms with E-state index in [-0.39, 0.29) is 43.9 Å². The van der Waals surface area contributed by atoms with E-state index in [0.717, 1.165) is 0 Å². The summed E-state index contributed by atoms with van der Waals surface area (Å²) in [6.45, 7) is 3.47. The van der Waals surface area contributed by atoms with Crippen molar-refractivity contribution in [2.24, 2.45) is 33.8 Å². The molecule has 4 atom stereocenters. The Morgan fingerprint density at radius 1 is 0.875 bits per heavy atom. The summed E-state index contributed by atoms with van der Waals surface area (Å²) in [6, 6.07) is 1.07. The second-order valence-electron chi connectivity index (χ2n) is 9.62. The van der Waals surface area contributed by atoms with Gasteiger partial charge in [-0.3, -0.25) is 24.2 Å². The van der Waals surface area contributed by atoms with Crippen LogP contribution in [0, 0.1) is 5.92 Å². The van der Waals surface area contributed by atoms with Crippen LogP contribution < -0.4 is 38.9 Å². The van der Waals surface area contributed by atoms with Crippen molar-refractivity contribution in [1.29, 1.82) is 0 Å². The van der Waals surface area contributed by atoms with Gasteiger partial charge in [0.05, 0.1) is 6.04 Å². The van der Waals surface area contributed by atoms with Crippen LogP contribution in [0.4, 0.5) is 0 Å². The van der Waals surface area contributed by atoms with Crippen LogP contribution in [0.3, 0.4) is 0 Å². The van der Waals surface area contributed by atoms with Crippen molar-refractivity contribution in [3.63, 3.8) is 0 Å². The highest BCUT2D eigenvalue weighted by molar-refractivity contribution is 5.94. The molecule has 15 heteroatoms. The third-order valence-electron chi connectivity index (χ3n) is 5.86. The lowest BCUT2D eigenvalue weighted by Crippen LogP contribution is -2.58. The number of rotatable bonds is 17. The van der Waals surface area contributed by atoms with Gasteiger partial charge in [-0.05, 0) is 42.9 Å². The smallest absolute Gasteiger partial charge is 0.326 e. The number of hydrogen-bond donors (Lipinski definition) is 9. The minimum absolute atomic E-state index is 0.0107. The van der Waals surface area contributed by atoms with Crippen molar-refractivity contribution in [2.45, 2.75) is 70.1 Å². The minimum Gasteiger partial charge on any atom is -0.508 e. The number of benzene rings is 1. The van der Waals surface area contributed by atoms with Crippen LogP contribution >= 0.6 is 0 Å². The first-order valence-electron chi connectivity index (χ1n) is 12.7. The Balaban J connectivity index is 3.11. The molecule has 1 aromatic rings. The highest BCUT2D eigenvalue weighted by Crippen LogP contribution is 2.13. The van der Waals surface area contributed by atoms with E-state index in [2.05, 4.69) is 20.9 Å². The molecular formula is C25H40N8O7. The Morgan fingerprint density at radius 3 is 1.98 bits per heavy atom. The van der Waals surface area contributed by atoms with Crippen LogP contribution in [0.2, 0.25) is 0 Å². The Morgan fingerprint density at radius 2 is 1.45 bits per heavy atom. The highest BCUT2D eigenvalue weighted by atomic mass is 16.4. The molecule has 15 nitrogen and oxygen atoms in total. The van der Waals surface area contributed by atoms with Crippen molar-refractivity contribution < 1.29 is 34.2 Å². The number of carboxylic acids is 1. The summed E-state index contributed by atoms with van der Waals surface area (Å²) in [5.41, 5.74) is 22.2. The number of nitrogens with zero attached hydrogens (tertiary/aromatic N) is 1. The number of carbonyl (C=O) groups is 5. The number of carbonyl (C=O) groups excluding carboxylic acids is 4. The summed E-state index contributed by atoms with van der Waals surface area (Å²) in [5.74, 6) is -4.80. The molecule has 0 aliphatic heterocycles. The molecule has 4 unspecified atom stereocenters. The number of aromatic hydroxyl groups is 1. The molecule has 4 amide bonds. The van der Waals surface area contributed by atoms with E-state index in [1.54, 1.807) is 13.8 Å². The number of nitrogens with two attached hydrogens (primary N) is 4. The Bertz CT molecular complexity index is 1060. The van der Waals surface area contributed by atoms with Crippen LogP contribution in [-0.2, 0) is 30.4 Å². The number of hydrogen-bond acceptors (Lipinski definition) is 8. The average molecular weight is 565 g/mol. The van der Waals surface area contributed by atoms with E-state index < -0.39 is 59.7 Å². The van der Waals surface area contributed by atoms with Crippen LogP contribution in [-0.4, -0.2) is 76.5 Å². The fourth-order valence-electron chi connectivity index (χ4n) is 3.60. The van der Waals surface area contributed by atoms with Gasteiger partial charge >= 0.3 is 5.97 Å². The molecule has 13 N–H and O–H groups in total. The number of primary amides is 1. The summed E-state index contributed by atoms with van der Waals surface area (Å²) >= 11 is 0. The number of phenolic OH excluding ortho intramolecular Hbond substituents is 1. The quantitative estimate of drug-likeness (QED) is 0.0558. The zero-order valence-corrected chi connectivity index (χ0v) is 22.6. The van der Waals surface area contributed by atoms with Crippen LogP contribution in [0.1, 0.15) is 45.1 Å². The largest absolute Gasteiger partial charge is 0.508 e. The third kappa shape index (κ3) is 12.4. The molecule has 0 saturated carbocycles. The second-order valence-corrected chi connectivity index (χ2v) is 9.62. The van der Waals surface area contributed by atoms with E-state index in [9.17, 15) is 34.2 Å². The van der Waals surface area contributed by atoms with E-state index >= 15 is 0 Å². The topological polar surface area (TPSA) is 278 Å². The summed E-state index contributed by atoms with van der Waals surface area (Å²) < 4.78 is 0. The van der Waals surface area contributed by atoms with Gasteiger partial charge in [0.25, 0.3) is 0 Å². The first-order chi connectivity index (χ1) is 18.7. The average Bonchev–Trinajstić information content (AvgIpc) is 2.87. The molecule has 0 aromatic heterocycles. The maximum absolute atomic E-state index is 13.3. The number of amides is 4. The molecule has 1 aromatic carbocycles. The predicted octanol–water partition coefficient (Wildman–Crippen LogP) is -2.22. The van der Waals surface area contributed by atoms with Gasteiger partial charge in [-0.1, -0.05) is 26.0 Å². The molecule has 0 radical (unpaired) electrons. The van der Waals surface area contributed by atoms with Crippen molar-refractivity contribution in [2.75, 3.05) is 6.54 Å². The number of carboxylic acid groups (broad SMARTS) is 1. The van der Waals surface area contributed by atoms with Gasteiger partial charge in [0.15, 0.2) is 5.96 Å². The molecule has 0 aliphatic carbocycles. The second kappa shape index (κ2) is 16.5. The maximum atomic E-state index is 13.3. The normalized spacial score (nSPS) is 13.8. The number of aliphatic imine (C=N–C) groups is 1. The van der Waals surface area contributed by atoms with E-state index in [0.29, 0.717) is 12.0 Å². The number of guanidine groups is 1. The molecule has 0 heterocycles. The van der Waals surface area contributed by atoms with Crippen LogP contribution in [0.15, 0.2) is 29.3 Å². The van der Waals surface area contributed by atoms with Crippen molar-refractivity contribution in [3.05, 3.63) is 29.8 Å². The van der Waals surface area contributed by atoms with Gasteiger partial charge in [-0.25, -0.2) is 4.79 Å². The molecule has 0 fully saturated rings. The van der Waals surface area contributed by atoms with Gasteiger partial charge in [0.2, 0.25) is 23.6 Å². The van der Waals surface area contributed by atoms with E-state index in [1.165, 1.54) is 24.3 Å². The van der Waals surface area contributed by atoms with Crippen molar-refractivity contribution in [3.8, 4) is 5.75 Å². The standard InChI is InChI=1S/C25H40N8O7/c1-13(2)20(24(39)40)33-23(38)18(12-14-5-7-15(34)8-6-14)32-22(37)17(9-10-19(27)35)31-21(36)16(26)4-3-11-30-25(28)29/h5-8,13,16-18,20,34H,3-4,9-12,26H2,1-2H3,(H2,27,35)(H,31,36)(H,32,37)(H,33,38)(H,39,40)(H4,28,29,30). The predicted molar refractivity (Wildman–Crippen MR) is 146 cm³/mol. The first kappa shape index (κ1) is 33.6. The Hall–Kier alpha value is -4.40. The molecule has 0 bridgehead atoms. The number of aliphatic carboxylic acids is 1. The molecule has 0 spiro atoms. The van der Waals surface area contributed by atoms with Crippen molar-refractivity contribution in [1.82, 2.24) is 16.0 Å². The van der Waals surface area contributed by atoms with Gasteiger partial charge in [0, 0.05) is 19.4 Å². The number of nitrogens with one attached hydrogen (secondary N) is 3. The molecule has 0 aliphatic rings. The van der Waals surface area contributed by atoms with Crippen molar-refractivity contribution >= 4 is 35.6 Å². The summed E-state index contributed by atoms with van der Waals surface area (Å²) in [5, 5.41) is 26.5. The van der Waals surface area contributed by atoms with Crippen LogP contribution in [0.25, 0.3) is 0 Å². The SMILES string of the molecule is CC(C)C(NC(=O)C(Cc1ccc(O)cc1)NC(=O)C(CCC(N)=O)NC(=O)C(N)CCCN=C(N)N)C(=O)O. The maximum Gasteiger partial charge on any atom is 0.326 e. The van der Waals surface area contributed by atoms with Gasteiger partial charge < -0.3 is 49.1 Å². The Kier molecular flexibility index (Phi) is 13.9. The van der Waals surface area contributed by atoms with Gasteiger partial charge in [-0.15, -0.1) is 0 Å². The molecule has 1 rings (SSSR count). The fraction of sp³-hybridized carbons (Fsp3) is 0.520. The molecule has 40 heavy (non-hydrogen) atoms. The molecular weight excluding hydrogens is 524 g/mol. The summed E-state index contributed by atoms with van der Waals surface area (Å²) in [4.78, 5) is 65.9. The molecule has 222 valence electrons. The highest BCUT2D eigenvalue weighted by Gasteiger charge is 2.31. The third-order valence-corrected chi connectivity index (χ3v) is 5.86. The van der Waals surface area contributed by atoms with Crippen LogP contribution in [0.5, 0.6) is 5.75 Å². The summed E-state index contributed by atoms with van der Waals surface area (Å²) in [7, 11) is 0. The fourth-order valence-corrected chi connectivity index (χ4v) is 3.60. The summed E-state index contributed by atoms with van der Waals surface area (Å²) in [6.07, 6.45) is 0.0971. The lowest BCUT2D eigenvalue weighted by atomic mass is 10.0. The van der Waals surface area contributed by atoms with E-state index in [4.69, 9.17) is 22.9 Å². The van der Waals surface area contributed by atoms with E-state index in [1.807, 2.05) is 0 Å². The zero-order chi connectivity index (χ0) is 30.4. The first-order valence-corrected chi connectivity index (χ1v) is 12.7. The van der Waals surface area contributed by atoms with Gasteiger partial charge in [-0.2, -0.15) is 0 Å².